The van der Waals surface area contributed by atoms with Crippen LogP contribution in [-0.2, 0) is 4.74 Å². The zero-order valence-corrected chi connectivity index (χ0v) is 7.67. The van der Waals surface area contributed by atoms with Crippen LogP contribution in [0.5, 0.6) is 0 Å². The minimum atomic E-state index is 0.424. The lowest BCUT2D eigenvalue weighted by molar-refractivity contribution is 0.00628. The van der Waals surface area contributed by atoms with Crippen molar-refractivity contribution in [2.24, 2.45) is 11.7 Å². The van der Waals surface area contributed by atoms with E-state index in [0.29, 0.717) is 12.1 Å². The number of hydrogen-bond donors (Lipinski definition) is 1. The van der Waals surface area contributed by atoms with Gasteiger partial charge in [-0.1, -0.05) is 0 Å². The van der Waals surface area contributed by atoms with Crippen molar-refractivity contribution in [1.29, 1.82) is 0 Å². The molecule has 0 radical (unpaired) electrons. The second kappa shape index (κ2) is 3.75. The molecule has 1 saturated carbocycles. The maximum absolute atomic E-state index is 6.03. The van der Waals surface area contributed by atoms with Crippen LogP contribution >= 0.6 is 0 Å². The lowest BCUT2D eigenvalue weighted by Gasteiger charge is -2.25. The van der Waals surface area contributed by atoms with Crippen molar-refractivity contribution in [2.45, 2.75) is 50.7 Å². The summed E-state index contributed by atoms with van der Waals surface area (Å²) in [5.41, 5.74) is 6.03. The molecule has 1 aliphatic carbocycles. The second-order valence-electron chi connectivity index (χ2n) is 4.23. The van der Waals surface area contributed by atoms with Gasteiger partial charge in [-0.3, -0.25) is 0 Å². The predicted molar refractivity (Wildman–Crippen MR) is 48.9 cm³/mol. The van der Waals surface area contributed by atoms with Gasteiger partial charge in [0.1, 0.15) is 0 Å². The number of hydrogen-bond acceptors (Lipinski definition) is 2. The van der Waals surface area contributed by atoms with Crippen molar-refractivity contribution < 1.29 is 4.74 Å². The van der Waals surface area contributed by atoms with E-state index in [0.717, 1.165) is 18.9 Å². The molecule has 2 rings (SSSR count). The van der Waals surface area contributed by atoms with Gasteiger partial charge in [-0.2, -0.15) is 0 Å². The molecule has 0 bridgehead atoms. The molecule has 2 N–H and O–H groups in total. The molecular weight excluding hydrogens is 150 g/mol. The van der Waals surface area contributed by atoms with Crippen LogP contribution in [0.3, 0.4) is 0 Å². The van der Waals surface area contributed by atoms with Crippen LogP contribution in [-0.4, -0.2) is 18.8 Å². The fraction of sp³-hybridized carbons (Fsp3) is 1.00. The highest BCUT2D eigenvalue weighted by Gasteiger charge is 2.30. The molecule has 70 valence electrons. The highest BCUT2D eigenvalue weighted by molar-refractivity contribution is 4.86. The molecule has 1 aliphatic heterocycles. The summed E-state index contributed by atoms with van der Waals surface area (Å²) in [6, 6.07) is 0.424. The van der Waals surface area contributed by atoms with Gasteiger partial charge in [0, 0.05) is 12.6 Å². The molecule has 0 amide bonds. The lowest BCUT2D eigenvalue weighted by Crippen LogP contribution is -2.31. The molecule has 0 aromatic rings. The zero-order chi connectivity index (χ0) is 8.39. The molecule has 2 heteroatoms. The Balaban J connectivity index is 1.69. The summed E-state index contributed by atoms with van der Waals surface area (Å²) in [6.45, 7) is 0.960. The van der Waals surface area contributed by atoms with E-state index in [1.807, 2.05) is 0 Å². The third kappa shape index (κ3) is 2.20. The van der Waals surface area contributed by atoms with E-state index in [9.17, 15) is 0 Å². The van der Waals surface area contributed by atoms with E-state index >= 15 is 0 Å². The largest absolute Gasteiger partial charge is 0.378 e. The minimum absolute atomic E-state index is 0.424. The van der Waals surface area contributed by atoms with Crippen molar-refractivity contribution in [3.8, 4) is 0 Å². The van der Waals surface area contributed by atoms with Gasteiger partial charge in [-0.25, -0.2) is 0 Å². The topological polar surface area (TPSA) is 35.2 Å². The van der Waals surface area contributed by atoms with Gasteiger partial charge < -0.3 is 10.5 Å². The van der Waals surface area contributed by atoms with Crippen LogP contribution in [0.1, 0.15) is 38.5 Å². The highest BCUT2D eigenvalue weighted by Crippen LogP contribution is 2.34. The number of rotatable bonds is 3. The highest BCUT2D eigenvalue weighted by atomic mass is 16.5. The fourth-order valence-electron chi connectivity index (χ4n) is 2.01. The van der Waals surface area contributed by atoms with Crippen LogP contribution in [0.2, 0.25) is 0 Å². The third-order valence-electron chi connectivity index (χ3n) is 3.04. The van der Waals surface area contributed by atoms with Crippen LogP contribution in [0, 0.1) is 5.92 Å². The van der Waals surface area contributed by atoms with Crippen molar-refractivity contribution >= 4 is 0 Å². The average molecular weight is 169 g/mol. The molecule has 2 atom stereocenters. The van der Waals surface area contributed by atoms with Gasteiger partial charge in [-0.05, 0) is 44.4 Å². The Morgan fingerprint density at radius 1 is 1.25 bits per heavy atom. The third-order valence-corrected chi connectivity index (χ3v) is 3.04. The summed E-state index contributed by atoms with van der Waals surface area (Å²) >= 11 is 0. The van der Waals surface area contributed by atoms with Gasteiger partial charge in [0.2, 0.25) is 0 Å². The molecule has 1 heterocycles. The van der Waals surface area contributed by atoms with E-state index in [1.165, 1.54) is 32.1 Å². The quantitative estimate of drug-likeness (QED) is 0.697. The summed E-state index contributed by atoms with van der Waals surface area (Å²) < 4.78 is 5.65. The van der Waals surface area contributed by atoms with Crippen molar-refractivity contribution in [2.75, 3.05) is 6.61 Å². The Bertz CT molecular complexity index is 139. The summed E-state index contributed by atoms with van der Waals surface area (Å²) in [7, 11) is 0. The van der Waals surface area contributed by atoms with Crippen molar-refractivity contribution in [1.82, 2.24) is 0 Å². The average Bonchev–Trinajstić information content (AvgIpc) is 2.88. The molecule has 12 heavy (non-hydrogen) atoms. The van der Waals surface area contributed by atoms with Crippen LogP contribution in [0.25, 0.3) is 0 Å². The second-order valence-corrected chi connectivity index (χ2v) is 4.23. The maximum Gasteiger partial charge on any atom is 0.0590 e. The number of nitrogens with two attached hydrogens (primary N) is 1. The Labute approximate surface area is 74.5 Å². The van der Waals surface area contributed by atoms with Crippen LogP contribution in [0.15, 0.2) is 0 Å². The smallest absolute Gasteiger partial charge is 0.0590 e. The van der Waals surface area contributed by atoms with E-state index in [1.54, 1.807) is 0 Å². The first-order valence-corrected chi connectivity index (χ1v) is 5.23. The molecule has 0 aromatic carbocycles. The van der Waals surface area contributed by atoms with Gasteiger partial charge in [0.15, 0.2) is 0 Å². The fourth-order valence-corrected chi connectivity index (χ4v) is 2.01. The first-order valence-electron chi connectivity index (χ1n) is 5.23. The molecule has 2 nitrogen and oxygen atoms in total. The number of ether oxygens (including phenoxy) is 1. The molecule has 1 saturated heterocycles. The SMILES string of the molecule is NC(CC1CCCCO1)C1CC1. The molecule has 0 aromatic heterocycles. The van der Waals surface area contributed by atoms with Crippen LogP contribution < -0.4 is 5.73 Å². The summed E-state index contributed by atoms with van der Waals surface area (Å²) in [6.07, 6.45) is 8.11. The van der Waals surface area contributed by atoms with Gasteiger partial charge >= 0.3 is 0 Å². The predicted octanol–water partition coefficient (Wildman–Crippen LogP) is 1.68. The Hall–Kier alpha value is -0.0800. The Morgan fingerprint density at radius 3 is 2.67 bits per heavy atom. The van der Waals surface area contributed by atoms with Gasteiger partial charge in [0.05, 0.1) is 6.10 Å². The maximum atomic E-state index is 6.03. The molecule has 0 spiro atoms. The minimum Gasteiger partial charge on any atom is -0.378 e. The van der Waals surface area contributed by atoms with E-state index in [2.05, 4.69) is 0 Å². The van der Waals surface area contributed by atoms with E-state index in [-0.39, 0.29) is 0 Å². The van der Waals surface area contributed by atoms with Gasteiger partial charge in [0.25, 0.3) is 0 Å². The monoisotopic (exact) mass is 169 g/mol. The van der Waals surface area contributed by atoms with E-state index < -0.39 is 0 Å². The van der Waals surface area contributed by atoms with E-state index in [4.69, 9.17) is 10.5 Å². The molecule has 2 unspecified atom stereocenters. The molecule has 2 aliphatic rings. The Morgan fingerprint density at radius 2 is 2.08 bits per heavy atom. The molecular formula is C10H19NO. The van der Waals surface area contributed by atoms with Crippen LogP contribution in [0.4, 0.5) is 0 Å². The standard InChI is InChI=1S/C10H19NO/c11-10(8-4-5-8)7-9-3-1-2-6-12-9/h8-10H,1-7,11H2. The normalized spacial score (nSPS) is 33.2. The first-order chi connectivity index (χ1) is 5.86. The molecule has 2 fully saturated rings. The van der Waals surface area contributed by atoms with Gasteiger partial charge in [-0.15, -0.1) is 0 Å². The Kier molecular flexibility index (Phi) is 2.66. The summed E-state index contributed by atoms with van der Waals surface area (Å²) in [5.74, 6) is 0.829. The summed E-state index contributed by atoms with van der Waals surface area (Å²) in [4.78, 5) is 0. The first kappa shape index (κ1) is 8.52. The van der Waals surface area contributed by atoms with Crippen molar-refractivity contribution in [3.05, 3.63) is 0 Å². The summed E-state index contributed by atoms with van der Waals surface area (Å²) in [5, 5.41) is 0. The van der Waals surface area contributed by atoms with Crippen molar-refractivity contribution in [3.63, 3.8) is 0 Å². The lowest BCUT2D eigenvalue weighted by atomic mass is 10.00. The zero-order valence-electron chi connectivity index (χ0n) is 7.67.